The van der Waals surface area contributed by atoms with Crippen LogP contribution in [0.4, 0.5) is 4.39 Å². The summed E-state index contributed by atoms with van der Waals surface area (Å²) in [5.74, 6) is -0.515. The second kappa shape index (κ2) is 5.79. The maximum atomic E-state index is 13.3. The van der Waals surface area contributed by atoms with Gasteiger partial charge in [0.05, 0.1) is 5.69 Å². The number of pyridine rings is 1. The van der Waals surface area contributed by atoms with Crippen LogP contribution in [0, 0.1) is 5.82 Å². The molecule has 7 heteroatoms. The SMILES string of the molecule is CC(O)(CN)c1cc2c(c(-c3ccc(F)cc3)n1)OCC2(C)C(N)=O. The number of rotatable bonds is 4. The molecule has 1 amide bonds. The third-order valence-electron chi connectivity index (χ3n) is 4.68. The van der Waals surface area contributed by atoms with Crippen LogP contribution < -0.4 is 16.2 Å². The first-order valence-electron chi connectivity index (χ1n) is 7.86. The second-order valence-electron chi connectivity index (χ2n) is 6.70. The van der Waals surface area contributed by atoms with Crippen molar-refractivity contribution in [3.63, 3.8) is 0 Å². The summed E-state index contributed by atoms with van der Waals surface area (Å²) in [6, 6.07) is 7.33. The molecule has 1 aliphatic rings. The van der Waals surface area contributed by atoms with E-state index in [9.17, 15) is 14.3 Å². The van der Waals surface area contributed by atoms with Crippen LogP contribution in [0.25, 0.3) is 11.3 Å². The average Bonchev–Trinajstić information content (AvgIpc) is 2.93. The number of fused-ring (bicyclic) bond motifs is 1. The molecule has 2 aromatic rings. The first-order chi connectivity index (χ1) is 11.7. The molecule has 3 rings (SSSR count). The number of ether oxygens (including phenoxy) is 1. The molecule has 0 aliphatic carbocycles. The van der Waals surface area contributed by atoms with E-state index in [1.54, 1.807) is 25.1 Å². The van der Waals surface area contributed by atoms with Crippen molar-refractivity contribution in [3.05, 3.63) is 47.4 Å². The van der Waals surface area contributed by atoms with Gasteiger partial charge >= 0.3 is 0 Å². The lowest BCUT2D eigenvalue weighted by Gasteiger charge is -2.24. The number of aromatic nitrogens is 1. The van der Waals surface area contributed by atoms with Gasteiger partial charge < -0.3 is 21.3 Å². The first kappa shape index (κ1) is 17.3. The van der Waals surface area contributed by atoms with E-state index >= 15 is 0 Å². The highest BCUT2D eigenvalue weighted by Gasteiger charge is 2.44. The van der Waals surface area contributed by atoms with E-state index in [1.165, 1.54) is 19.1 Å². The Morgan fingerprint density at radius 1 is 1.44 bits per heavy atom. The molecule has 2 atom stereocenters. The number of carbonyl (C=O) groups is 1. The predicted octanol–water partition coefficient (Wildman–Crippen LogP) is 1.19. The zero-order valence-electron chi connectivity index (χ0n) is 14.0. The number of hydrogen-bond acceptors (Lipinski definition) is 5. The molecule has 0 saturated carbocycles. The van der Waals surface area contributed by atoms with Crippen molar-refractivity contribution in [2.24, 2.45) is 11.5 Å². The number of halogens is 1. The van der Waals surface area contributed by atoms with Crippen LogP contribution >= 0.6 is 0 Å². The Morgan fingerprint density at radius 2 is 2.08 bits per heavy atom. The topological polar surface area (TPSA) is 111 Å². The van der Waals surface area contributed by atoms with Crippen LogP contribution in [-0.4, -0.2) is 29.1 Å². The molecule has 6 nitrogen and oxygen atoms in total. The van der Waals surface area contributed by atoms with Gasteiger partial charge in [-0.1, -0.05) is 0 Å². The van der Waals surface area contributed by atoms with Gasteiger partial charge in [-0.2, -0.15) is 0 Å². The van der Waals surface area contributed by atoms with Crippen molar-refractivity contribution >= 4 is 5.91 Å². The van der Waals surface area contributed by atoms with Gasteiger partial charge in [0.2, 0.25) is 5.91 Å². The Kier molecular flexibility index (Phi) is 4.01. The Labute approximate surface area is 144 Å². The monoisotopic (exact) mass is 345 g/mol. The van der Waals surface area contributed by atoms with Crippen LogP contribution in [-0.2, 0) is 15.8 Å². The van der Waals surface area contributed by atoms with Gasteiger partial charge in [0.15, 0.2) is 0 Å². The van der Waals surface area contributed by atoms with E-state index in [0.29, 0.717) is 28.3 Å². The highest BCUT2D eigenvalue weighted by atomic mass is 19.1. The standard InChI is InChI=1S/C18H20FN3O3/c1-17(16(21)23)9-25-15-12(17)7-13(18(2,24)8-20)22-14(15)10-3-5-11(19)6-4-10/h3-7,24H,8-9,20H2,1-2H3,(H2,21,23). The fourth-order valence-electron chi connectivity index (χ4n) is 2.77. The van der Waals surface area contributed by atoms with Crippen LogP contribution in [0.3, 0.4) is 0 Å². The molecule has 0 radical (unpaired) electrons. The maximum absolute atomic E-state index is 13.3. The van der Waals surface area contributed by atoms with E-state index in [1.807, 2.05) is 0 Å². The first-order valence-corrected chi connectivity index (χ1v) is 7.86. The lowest BCUT2D eigenvalue weighted by Crippen LogP contribution is -2.40. The van der Waals surface area contributed by atoms with Crippen LogP contribution in [0.5, 0.6) is 5.75 Å². The smallest absolute Gasteiger partial charge is 0.231 e. The summed E-state index contributed by atoms with van der Waals surface area (Å²) in [5, 5.41) is 10.5. The minimum atomic E-state index is -1.40. The fraction of sp³-hybridized carbons (Fsp3) is 0.333. The summed E-state index contributed by atoms with van der Waals surface area (Å²) in [6.07, 6.45) is 0. The molecule has 5 N–H and O–H groups in total. The summed E-state index contributed by atoms with van der Waals surface area (Å²) in [5.41, 5.74) is 10.6. The summed E-state index contributed by atoms with van der Waals surface area (Å²) in [6.45, 7) is 3.22. The number of aliphatic hydroxyl groups is 1. The third-order valence-corrected chi connectivity index (χ3v) is 4.68. The van der Waals surface area contributed by atoms with Gasteiger partial charge in [-0.05, 0) is 44.2 Å². The highest BCUT2D eigenvalue weighted by molar-refractivity contribution is 5.90. The van der Waals surface area contributed by atoms with Crippen molar-refractivity contribution < 1.29 is 19.0 Å². The number of benzene rings is 1. The van der Waals surface area contributed by atoms with Gasteiger partial charge in [0.1, 0.15) is 34.9 Å². The molecular formula is C18H20FN3O3. The summed E-state index contributed by atoms with van der Waals surface area (Å²) >= 11 is 0. The molecule has 0 fully saturated rings. The lowest BCUT2D eigenvalue weighted by atomic mass is 9.82. The fourth-order valence-corrected chi connectivity index (χ4v) is 2.77. The number of carbonyl (C=O) groups excluding carboxylic acids is 1. The molecule has 0 bridgehead atoms. The van der Waals surface area contributed by atoms with Crippen molar-refractivity contribution in [3.8, 4) is 17.0 Å². The highest BCUT2D eigenvalue weighted by Crippen LogP contribution is 2.45. The van der Waals surface area contributed by atoms with Gasteiger partial charge in [-0.25, -0.2) is 9.37 Å². The van der Waals surface area contributed by atoms with E-state index < -0.39 is 16.9 Å². The third kappa shape index (κ3) is 2.75. The minimum absolute atomic E-state index is 0.0597. The van der Waals surface area contributed by atoms with Gasteiger partial charge in [0.25, 0.3) is 0 Å². The Balaban J connectivity index is 2.29. The Morgan fingerprint density at radius 3 is 2.64 bits per heavy atom. The van der Waals surface area contributed by atoms with E-state index in [4.69, 9.17) is 16.2 Å². The molecule has 0 saturated heterocycles. The molecule has 0 spiro atoms. The number of primary amides is 1. The molecular weight excluding hydrogens is 325 g/mol. The van der Waals surface area contributed by atoms with Gasteiger partial charge in [0, 0.05) is 17.7 Å². The quantitative estimate of drug-likeness (QED) is 0.771. The average molecular weight is 345 g/mol. The molecule has 1 aliphatic heterocycles. The van der Waals surface area contributed by atoms with E-state index in [-0.39, 0.29) is 19.0 Å². The largest absolute Gasteiger partial charge is 0.489 e. The van der Waals surface area contributed by atoms with Crippen LogP contribution in [0.2, 0.25) is 0 Å². The van der Waals surface area contributed by atoms with E-state index in [2.05, 4.69) is 4.98 Å². The molecule has 132 valence electrons. The van der Waals surface area contributed by atoms with Crippen LogP contribution in [0.15, 0.2) is 30.3 Å². The minimum Gasteiger partial charge on any atom is -0.489 e. The van der Waals surface area contributed by atoms with Crippen LogP contribution in [0.1, 0.15) is 25.1 Å². The second-order valence-corrected chi connectivity index (χ2v) is 6.70. The number of amides is 1. The zero-order valence-corrected chi connectivity index (χ0v) is 14.0. The molecule has 1 aromatic carbocycles. The Bertz CT molecular complexity index is 836. The lowest BCUT2D eigenvalue weighted by molar-refractivity contribution is -0.123. The summed E-state index contributed by atoms with van der Waals surface area (Å²) in [4.78, 5) is 16.5. The number of nitrogens with zero attached hydrogens (tertiary/aromatic N) is 1. The summed E-state index contributed by atoms with van der Waals surface area (Å²) in [7, 11) is 0. The normalized spacial score (nSPS) is 21.3. The van der Waals surface area contributed by atoms with Crippen molar-refractivity contribution in [2.45, 2.75) is 24.9 Å². The van der Waals surface area contributed by atoms with Crippen molar-refractivity contribution in [1.82, 2.24) is 4.98 Å². The number of hydrogen-bond donors (Lipinski definition) is 3. The van der Waals surface area contributed by atoms with E-state index in [0.717, 1.165) is 0 Å². The zero-order chi connectivity index (χ0) is 18.4. The molecule has 25 heavy (non-hydrogen) atoms. The van der Waals surface area contributed by atoms with Crippen molar-refractivity contribution in [1.29, 1.82) is 0 Å². The van der Waals surface area contributed by atoms with Crippen molar-refractivity contribution in [2.75, 3.05) is 13.2 Å². The molecule has 2 unspecified atom stereocenters. The number of nitrogens with two attached hydrogens (primary N) is 2. The molecule has 1 aromatic heterocycles. The van der Waals surface area contributed by atoms with Gasteiger partial charge in [-0.3, -0.25) is 4.79 Å². The Hall–Kier alpha value is -2.51. The maximum Gasteiger partial charge on any atom is 0.231 e. The summed E-state index contributed by atoms with van der Waals surface area (Å²) < 4.78 is 19.0. The van der Waals surface area contributed by atoms with Gasteiger partial charge in [-0.15, -0.1) is 0 Å². The predicted molar refractivity (Wildman–Crippen MR) is 90.3 cm³/mol. The molecule has 2 heterocycles.